The van der Waals surface area contributed by atoms with Crippen molar-refractivity contribution in [2.24, 2.45) is 0 Å². The molecule has 0 atom stereocenters. The second-order valence-corrected chi connectivity index (χ2v) is 6.76. The molecule has 3 aromatic carbocycles. The van der Waals surface area contributed by atoms with E-state index in [0.29, 0.717) is 30.3 Å². The van der Waals surface area contributed by atoms with E-state index in [-0.39, 0.29) is 22.6 Å². The Morgan fingerprint density at radius 1 is 0.818 bits per heavy atom. The molecule has 9 nitrogen and oxygen atoms in total. The Morgan fingerprint density at radius 2 is 1.33 bits per heavy atom. The Hall–Kier alpha value is -4.40. The number of ether oxygens (including phenoxy) is 2. The monoisotopic (exact) mass is 449 g/mol. The molecule has 170 valence electrons. The number of hydrogen-bond acceptors (Lipinski definition) is 6. The first-order valence-electron chi connectivity index (χ1n) is 10.3. The predicted octanol–water partition coefficient (Wildman–Crippen LogP) is 4.90. The molecule has 3 aromatic rings. The van der Waals surface area contributed by atoms with Crippen LogP contribution in [-0.4, -0.2) is 30.0 Å². The zero-order chi connectivity index (χ0) is 23.8. The SMILES string of the molecule is CCOc1ccccc1C(=O)Nc1ccc([N+](=O)[O-])c(NC(=O)c2ccccc2OCC)c1. The van der Waals surface area contributed by atoms with Crippen LogP contribution in [0.5, 0.6) is 11.5 Å². The van der Waals surface area contributed by atoms with Crippen LogP contribution < -0.4 is 20.1 Å². The summed E-state index contributed by atoms with van der Waals surface area (Å²) in [4.78, 5) is 36.5. The molecule has 0 heterocycles. The number of rotatable bonds is 9. The quantitative estimate of drug-likeness (QED) is 0.354. The number of nitro groups is 1. The van der Waals surface area contributed by atoms with E-state index in [1.54, 1.807) is 55.5 Å². The Labute approximate surface area is 190 Å². The number of nitro benzene ring substituents is 1. The minimum Gasteiger partial charge on any atom is -0.493 e. The van der Waals surface area contributed by atoms with Gasteiger partial charge in [-0.2, -0.15) is 0 Å². The molecule has 2 N–H and O–H groups in total. The van der Waals surface area contributed by atoms with Crippen LogP contribution in [0.3, 0.4) is 0 Å². The van der Waals surface area contributed by atoms with Gasteiger partial charge in [-0.25, -0.2) is 0 Å². The van der Waals surface area contributed by atoms with Crippen LogP contribution >= 0.6 is 0 Å². The normalized spacial score (nSPS) is 10.2. The number of amides is 2. The molecule has 0 aliphatic carbocycles. The number of hydrogen-bond donors (Lipinski definition) is 2. The van der Waals surface area contributed by atoms with Gasteiger partial charge in [-0.15, -0.1) is 0 Å². The van der Waals surface area contributed by atoms with E-state index in [1.807, 2.05) is 6.92 Å². The van der Waals surface area contributed by atoms with E-state index < -0.39 is 16.7 Å². The smallest absolute Gasteiger partial charge is 0.292 e. The molecule has 33 heavy (non-hydrogen) atoms. The summed E-state index contributed by atoms with van der Waals surface area (Å²) >= 11 is 0. The summed E-state index contributed by atoms with van der Waals surface area (Å²) in [6.45, 7) is 4.34. The highest BCUT2D eigenvalue weighted by molar-refractivity contribution is 6.09. The van der Waals surface area contributed by atoms with E-state index in [2.05, 4.69) is 10.6 Å². The molecule has 0 saturated carbocycles. The van der Waals surface area contributed by atoms with Crippen LogP contribution in [0.2, 0.25) is 0 Å². The van der Waals surface area contributed by atoms with Gasteiger partial charge >= 0.3 is 0 Å². The van der Waals surface area contributed by atoms with Crippen molar-refractivity contribution in [2.75, 3.05) is 23.8 Å². The number of carbonyl (C=O) groups excluding carboxylic acids is 2. The first kappa shape index (κ1) is 23.3. The molecular formula is C24H23N3O6. The summed E-state index contributed by atoms with van der Waals surface area (Å²) in [5.74, 6) is -0.253. The number of para-hydroxylation sites is 2. The number of nitrogens with one attached hydrogen (secondary N) is 2. The molecule has 3 rings (SSSR count). The van der Waals surface area contributed by atoms with Crippen LogP contribution in [0, 0.1) is 10.1 Å². The minimum atomic E-state index is -0.611. The van der Waals surface area contributed by atoms with Gasteiger partial charge in [0.2, 0.25) is 0 Å². The van der Waals surface area contributed by atoms with Crippen molar-refractivity contribution in [3.8, 4) is 11.5 Å². The fraction of sp³-hybridized carbons (Fsp3) is 0.167. The van der Waals surface area contributed by atoms with Crippen molar-refractivity contribution < 1.29 is 24.0 Å². The minimum absolute atomic E-state index is 0.0628. The number of anilines is 2. The van der Waals surface area contributed by atoms with Crippen LogP contribution in [0.4, 0.5) is 17.1 Å². The Morgan fingerprint density at radius 3 is 1.85 bits per heavy atom. The molecule has 2 amide bonds. The summed E-state index contributed by atoms with van der Waals surface area (Å²) < 4.78 is 11.0. The van der Waals surface area contributed by atoms with Gasteiger partial charge in [-0.1, -0.05) is 24.3 Å². The van der Waals surface area contributed by atoms with Gasteiger partial charge in [0.1, 0.15) is 17.2 Å². The van der Waals surface area contributed by atoms with Gasteiger partial charge in [0.05, 0.1) is 29.3 Å². The lowest BCUT2D eigenvalue weighted by Crippen LogP contribution is -2.16. The highest BCUT2D eigenvalue weighted by atomic mass is 16.6. The van der Waals surface area contributed by atoms with E-state index >= 15 is 0 Å². The Bertz CT molecular complexity index is 1180. The molecule has 0 aliphatic rings. The third-order valence-electron chi connectivity index (χ3n) is 4.56. The standard InChI is InChI=1S/C24H23N3O6/c1-3-32-21-11-7-5-9-17(21)23(28)25-16-13-14-20(27(30)31)19(15-16)26-24(29)18-10-6-8-12-22(18)33-4-2/h5-15H,3-4H2,1-2H3,(H,25,28)(H,26,29). The summed E-state index contributed by atoms with van der Waals surface area (Å²) in [5.41, 5.74) is 0.435. The number of benzene rings is 3. The lowest BCUT2D eigenvalue weighted by Gasteiger charge is -2.13. The molecule has 0 aromatic heterocycles. The van der Waals surface area contributed by atoms with Gasteiger partial charge < -0.3 is 20.1 Å². The first-order valence-corrected chi connectivity index (χ1v) is 10.3. The summed E-state index contributed by atoms with van der Waals surface area (Å²) in [6, 6.07) is 17.3. The fourth-order valence-electron chi connectivity index (χ4n) is 3.13. The lowest BCUT2D eigenvalue weighted by atomic mass is 10.1. The molecule has 0 fully saturated rings. The maximum absolute atomic E-state index is 12.8. The van der Waals surface area contributed by atoms with Gasteiger partial charge in [0.15, 0.2) is 0 Å². The van der Waals surface area contributed by atoms with Gasteiger partial charge in [0, 0.05) is 11.8 Å². The van der Waals surface area contributed by atoms with Crippen molar-refractivity contribution >= 4 is 28.9 Å². The topological polar surface area (TPSA) is 120 Å². The van der Waals surface area contributed by atoms with Crippen LogP contribution in [-0.2, 0) is 0 Å². The van der Waals surface area contributed by atoms with Gasteiger partial charge in [-0.3, -0.25) is 19.7 Å². The largest absolute Gasteiger partial charge is 0.493 e. The summed E-state index contributed by atoms with van der Waals surface area (Å²) in [6.07, 6.45) is 0. The first-order chi connectivity index (χ1) is 15.9. The van der Waals surface area contributed by atoms with E-state index in [4.69, 9.17) is 9.47 Å². The average molecular weight is 449 g/mol. The Kier molecular flexibility index (Phi) is 7.59. The fourth-order valence-corrected chi connectivity index (χ4v) is 3.13. The maximum Gasteiger partial charge on any atom is 0.292 e. The van der Waals surface area contributed by atoms with Crippen LogP contribution in [0.25, 0.3) is 0 Å². The van der Waals surface area contributed by atoms with E-state index in [9.17, 15) is 19.7 Å². The number of carbonyl (C=O) groups is 2. The Balaban J connectivity index is 1.88. The van der Waals surface area contributed by atoms with Gasteiger partial charge in [-0.05, 0) is 50.2 Å². The highest BCUT2D eigenvalue weighted by Gasteiger charge is 2.20. The van der Waals surface area contributed by atoms with E-state index in [1.165, 1.54) is 18.2 Å². The highest BCUT2D eigenvalue weighted by Crippen LogP contribution is 2.30. The summed E-state index contributed by atoms with van der Waals surface area (Å²) in [7, 11) is 0. The van der Waals surface area contributed by atoms with Crippen molar-refractivity contribution in [1.29, 1.82) is 0 Å². The van der Waals surface area contributed by atoms with E-state index in [0.717, 1.165) is 0 Å². The zero-order valence-electron chi connectivity index (χ0n) is 18.2. The van der Waals surface area contributed by atoms with Crippen LogP contribution in [0.1, 0.15) is 34.6 Å². The van der Waals surface area contributed by atoms with Crippen molar-refractivity contribution in [2.45, 2.75) is 13.8 Å². The molecule has 0 aliphatic heterocycles. The van der Waals surface area contributed by atoms with Crippen molar-refractivity contribution in [3.05, 3.63) is 88.0 Å². The molecular weight excluding hydrogens is 426 g/mol. The molecule has 0 saturated heterocycles. The van der Waals surface area contributed by atoms with Crippen molar-refractivity contribution in [1.82, 2.24) is 0 Å². The third-order valence-corrected chi connectivity index (χ3v) is 4.56. The average Bonchev–Trinajstić information content (AvgIpc) is 2.80. The third kappa shape index (κ3) is 5.65. The second kappa shape index (κ2) is 10.8. The van der Waals surface area contributed by atoms with Crippen LogP contribution in [0.15, 0.2) is 66.7 Å². The lowest BCUT2D eigenvalue weighted by molar-refractivity contribution is -0.383. The summed E-state index contributed by atoms with van der Waals surface area (Å²) in [5, 5.41) is 16.8. The molecule has 0 unspecified atom stereocenters. The predicted molar refractivity (Wildman–Crippen MR) is 124 cm³/mol. The second-order valence-electron chi connectivity index (χ2n) is 6.76. The molecule has 0 bridgehead atoms. The molecule has 0 spiro atoms. The molecule has 9 heteroatoms. The zero-order valence-corrected chi connectivity index (χ0v) is 18.2. The van der Waals surface area contributed by atoms with Gasteiger partial charge in [0.25, 0.3) is 17.5 Å². The maximum atomic E-state index is 12.8. The number of nitrogens with zero attached hydrogens (tertiary/aromatic N) is 1. The molecule has 0 radical (unpaired) electrons. The van der Waals surface area contributed by atoms with Crippen molar-refractivity contribution in [3.63, 3.8) is 0 Å².